The molecule has 2 atom stereocenters. The monoisotopic (exact) mass is 244 g/mol. The maximum Gasteiger partial charge on any atom is 0.307 e. The summed E-state index contributed by atoms with van der Waals surface area (Å²) < 4.78 is 26.9. The van der Waals surface area contributed by atoms with Crippen LogP contribution in [0.5, 0.6) is 0 Å². The summed E-state index contributed by atoms with van der Waals surface area (Å²) in [7, 11) is 1.56. The third kappa shape index (κ3) is 1.71. The van der Waals surface area contributed by atoms with E-state index in [2.05, 4.69) is 5.10 Å². The fourth-order valence-corrected chi connectivity index (χ4v) is 2.61. The van der Waals surface area contributed by atoms with Crippen molar-refractivity contribution in [2.24, 2.45) is 18.4 Å². The van der Waals surface area contributed by atoms with Crippen LogP contribution in [-0.4, -0.2) is 20.9 Å². The van der Waals surface area contributed by atoms with E-state index in [1.807, 2.05) is 0 Å². The average molecular weight is 244 g/mol. The van der Waals surface area contributed by atoms with Gasteiger partial charge >= 0.3 is 5.97 Å². The second-order valence-electron chi connectivity index (χ2n) is 5.06. The first kappa shape index (κ1) is 12.0. The van der Waals surface area contributed by atoms with Crippen LogP contribution in [0.15, 0.2) is 6.20 Å². The van der Waals surface area contributed by atoms with E-state index in [0.717, 1.165) is 0 Å². The van der Waals surface area contributed by atoms with E-state index < -0.39 is 23.7 Å². The van der Waals surface area contributed by atoms with Gasteiger partial charge in [-0.15, -0.1) is 0 Å². The van der Waals surface area contributed by atoms with Crippen molar-refractivity contribution in [1.29, 1.82) is 0 Å². The molecule has 1 aliphatic rings. The number of halogens is 2. The molecule has 1 aromatic rings. The zero-order valence-electron chi connectivity index (χ0n) is 9.82. The number of aliphatic carboxylic acids is 1. The van der Waals surface area contributed by atoms with Crippen LogP contribution in [0.4, 0.5) is 8.78 Å². The first-order chi connectivity index (χ1) is 7.76. The molecule has 6 heteroatoms. The molecule has 1 fully saturated rings. The number of carboxylic acid groups (broad SMARTS) is 1. The highest BCUT2D eigenvalue weighted by molar-refractivity contribution is 5.77. The van der Waals surface area contributed by atoms with Gasteiger partial charge in [-0.3, -0.25) is 9.48 Å². The highest BCUT2D eigenvalue weighted by Crippen LogP contribution is 2.65. The van der Waals surface area contributed by atoms with E-state index in [0.29, 0.717) is 5.56 Å². The summed E-state index contributed by atoms with van der Waals surface area (Å²) >= 11 is 0. The number of nitrogens with zero attached hydrogens (tertiary/aromatic N) is 2. The van der Waals surface area contributed by atoms with Gasteiger partial charge in [-0.2, -0.15) is 5.10 Å². The predicted octanol–water partition coefficient (Wildman–Crippen LogP) is 2.18. The van der Waals surface area contributed by atoms with Crippen LogP contribution in [-0.2, 0) is 11.8 Å². The molecular formula is C11H14F2N2O2. The minimum Gasteiger partial charge on any atom is -0.481 e. The van der Waals surface area contributed by atoms with E-state index in [1.165, 1.54) is 10.9 Å². The van der Waals surface area contributed by atoms with E-state index in [4.69, 9.17) is 5.11 Å². The zero-order valence-corrected chi connectivity index (χ0v) is 9.82. The van der Waals surface area contributed by atoms with Gasteiger partial charge in [0, 0.05) is 24.7 Å². The van der Waals surface area contributed by atoms with Crippen molar-refractivity contribution in [1.82, 2.24) is 9.78 Å². The topological polar surface area (TPSA) is 55.1 Å². The molecule has 0 spiro atoms. The molecule has 17 heavy (non-hydrogen) atoms. The molecule has 1 N–H and O–H groups in total. The normalized spacial score (nSPS) is 26.2. The number of hydrogen-bond donors (Lipinski definition) is 1. The minimum absolute atomic E-state index is 0.297. The smallest absolute Gasteiger partial charge is 0.307 e. The van der Waals surface area contributed by atoms with Crippen LogP contribution < -0.4 is 0 Å². The van der Waals surface area contributed by atoms with Crippen LogP contribution in [0, 0.1) is 11.3 Å². The molecular weight excluding hydrogens is 230 g/mol. The molecule has 1 aliphatic carbocycles. The third-order valence-corrected chi connectivity index (χ3v) is 3.52. The second kappa shape index (κ2) is 3.51. The van der Waals surface area contributed by atoms with E-state index in [1.54, 1.807) is 20.9 Å². The van der Waals surface area contributed by atoms with Crippen molar-refractivity contribution >= 4 is 5.97 Å². The Bertz CT molecular complexity index is 468. The molecule has 4 nitrogen and oxygen atoms in total. The quantitative estimate of drug-likeness (QED) is 0.886. The summed E-state index contributed by atoms with van der Waals surface area (Å²) in [5.41, 5.74) is -0.423. The lowest BCUT2D eigenvalue weighted by Crippen LogP contribution is -2.03. The van der Waals surface area contributed by atoms with Gasteiger partial charge in [0.25, 0.3) is 6.43 Å². The summed E-state index contributed by atoms with van der Waals surface area (Å²) in [5.74, 6) is -1.93. The highest BCUT2D eigenvalue weighted by Gasteiger charge is 2.64. The molecule has 0 aromatic carbocycles. The van der Waals surface area contributed by atoms with Crippen molar-refractivity contribution in [3.05, 3.63) is 17.5 Å². The van der Waals surface area contributed by atoms with Gasteiger partial charge in [0.15, 0.2) is 0 Å². The summed E-state index contributed by atoms with van der Waals surface area (Å²) in [6, 6.07) is 0. The highest BCUT2D eigenvalue weighted by atomic mass is 19.3. The number of carboxylic acids is 1. The molecule has 1 heterocycles. The van der Waals surface area contributed by atoms with Crippen LogP contribution in [0.2, 0.25) is 0 Å². The van der Waals surface area contributed by atoms with Gasteiger partial charge in [-0.25, -0.2) is 8.78 Å². The number of rotatable bonds is 3. The van der Waals surface area contributed by atoms with Crippen LogP contribution in [0.25, 0.3) is 0 Å². The Morgan fingerprint density at radius 2 is 2.18 bits per heavy atom. The molecule has 1 saturated carbocycles. The molecule has 0 unspecified atom stereocenters. The maximum absolute atomic E-state index is 12.8. The van der Waals surface area contributed by atoms with Crippen molar-refractivity contribution in [2.75, 3.05) is 0 Å². The maximum atomic E-state index is 12.8. The molecule has 0 saturated heterocycles. The zero-order chi connectivity index (χ0) is 13.0. The lowest BCUT2D eigenvalue weighted by atomic mass is 10.0. The SMILES string of the molecule is Cn1cc([C@H]2[C@H](C(=O)O)C2(C)C)c(C(F)F)n1. The Hall–Kier alpha value is -1.46. The van der Waals surface area contributed by atoms with Gasteiger partial charge in [0.05, 0.1) is 5.92 Å². The fraction of sp³-hybridized carbons (Fsp3) is 0.636. The van der Waals surface area contributed by atoms with Crippen molar-refractivity contribution in [2.45, 2.75) is 26.2 Å². The number of carbonyl (C=O) groups is 1. The van der Waals surface area contributed by atoms with Crippen molar-refractivity contribution in [3.8, 4) is 0 Å². The Balaban J connectivity index is 2.40. The Kier molecular flexibility index (Phi) is 2.48. The Morgan fingerprint density at radius 3 is 2.59 bits per heavy atom. The first-order valence-electron chi connectivity index (χ1n) is 5.31. The van der Waals surface area contributed by atoms with Gasteiger partial charge in [0.2, 0.25) is 0 Å². The molecule has 94 valence electrons. The number of alkyl halides is 2. The fourth-order valence-electron chi connectivity index (χ4n) is 2.61. The van der Waals surface area contributed by atoms with Gasteiger partial charge in [0.1, 0.15) is 5.69 Å². The minimum atomic E-state index is -2.67. The van der Waals surface area contributed by atoms with E-state index in [9.17, 15) is 13.6 Å². The predicted molar refractivity (Wildman–Crippen MR) is 55.8 cm³/mol. The van der Waals surface area contributed by atoms with Crippen LogP contribution in [0.1, 0.15) is 37.4 Å². The standard InChI is InChI=1S/C11H14F2N2O2/c1-11(2)6(7(11)10(16)17)5-4-15(3)14-8(5)9(12)13/h4,6-7,9H,1-3H3,(H,16,17)/t6-,7+/m0/s1. The Labute approximate surface area is 97.2 Å². The summed E-state index contributed by atoms with van der Waals surface area (Å²) in [6.07, 6.45) is -1.17. The van der Waals surface area contributed by atoms with Gasteiger partial charge < -0.3 is 5.11 Å². The average Bonchev–Trinajstić information content (AvgIpc) is 2.56. The Morgan fingerprint density at radius 1 is 1.59 bits per heavy atom. The summed E-state index contributed by atoms with van der Waals surface area (Å²) in [6.45, 7) is 3.55. The molecule has 1 aromatic heterocycles. The summed E-state index contributed by atoms with van der Waals surface area (Å²) in [4.78, 5) is 11.0. The largest absolute Gasteiger partial charge is 0.481 e. The van der Waals surface area contributed by atoms with E-state index in [-0.39, 0.29) is 11.6 Å². The first-order valence-corrected chi connectivity index (χ1v) is 5.31. The number of aryl methyl sites for hydroxylation is 1. The molecule has 0 radical (unpaired) electrons. The lowest BCUT2D eigenvalue weighted by Gasteiger charge is -2.02. The third-order valence-electron chi connectivity index (χ3n) is 3.52. The second-order valence-corrected chi connectivity index (χ2v) is 5.06. The number of hydrogen-bond acceptors (Lipinski definition) is 2. The van der Waals surface area contributed by atoms with Gasteiger partial charge in [-0.1, -0.05) is 13.8 Å². The molecule has 0 bridgehead atoms. The number of aromatic nitrogens is 2. The van der Waals surface area contributed by atoms with Crippen LogP contribution >= 0.6 is 0 Å². The lowest BCUT2D eigenvalue weighted by molar-refractivity contribution is -0.139. The van der Waals surface area contributed by atoms with E-state index >= 15 is 0 Å². The molecule has 0 aliphatic heterocycles. The van der Waals surface area contributed by atoms with Gasteiger partial charge in [-0.05, 0) is 5.41 Å². The van der Waals surface area contributed by atoms with Crippen molar-refractivity contribution < 1.29 is 18.7 Å². The molecule has 0 amide bonds. The summed E-state index contributed by atoms with van der Waals surface area (Å²) in [5, 5.41) is 12.7. The van der Waals surface area contributed by atoms with Crippen LogP contribution in [0.3, 0.4) is 0 Å². The van der Waals surface area contributed by atoms with Crippen molar-refractivity contribution in [3.63, 3.8) is 0 Å². The molecule has 2 rings (SSSR count).